The minimum absolute atomic E-state index is 0.421. The molecule has 6 heteroatoms. The van der Waals surface area contributed by atoms with Crippen LogP contribution < -0.4 is 10.1 Å². The highest BCUT2D eigenvalue weighted by molar-refractivity contribution is 5.73. The maximum absolute atomic E-state index is 5.66. The number of pyridine rings is 1. The number of benzene rings is 1. The molecule has 0 unspecified atom stereocenters. The van der Waals surface area contributed by atoms with Crippen molar-refractivity contribution >= 4 is 23.7 Å². The number of nitrogens with one attached hydrogen (secondary N) is 1. The molecule has 0 atom stereocenters. The first kappa shape index (κ1) is 21.6. The highest BCUT2D eigenvalue weighted by Crippen LogP contribution is 2.33. The van der Waals surface area contributed by atoms with E-state index in [0.717, 1.165) is 46.9 Å². The van der Waals surface area contributed by atoms with Crippen LogP contribution in [0.15, 0.2) is 54.3 Å². The second-order valence-corrected chi connectivity index (χ2v) is 6.91. The Morgan fingerprint density at radius 2 is 1.90 bits per heavy atom. The van der Waals surface area contributed by atoms with Crippen molar-refractivity contribution in [2.24, 2.45) is 4.99 Å². The number of likely N-dealkylation sites (tertiary alicyclic amines) is 1. The molecule has 1 N–H and O–H groups in total. The van der Waals surface area contributed by atoms with E-state index in [1.54, 1.807) is 0 Å². The number of hydrogen-bond donors (Lipinski definition) is 1. The lowest BCUT2D eigenvalue weighted by atomic mass is 10.1. The zero-order chi connectivity index (χ0) is 21.5. The Bertz CT molecular complexity index is 1020. The van der Waals surface area contributed by atoms with Crippen molar-refractivity contribution in [1.29, 1.82) is 0 Å². The van der Waals surface area contributed by atoms with Gasteiger partial charge in [-0.3, -0.25) is 14.7 Å². The van der Waals surface area contributed by atoms with Crippen molar-refractivity contribution in [2.45, 2.75) is 26.7 Å². The summed E-state index contributed by atoms with van der Waals surface area (Å²) >= 11 is 0. The smallest absolute Gasteiger partial charge is 0.146 e. The van der Waals surface area contributed by atoms with E-state index in [-0.39, 0.29) is 0 Å². The van der Waals surface area contributed by atoms with Crippen molar-refractivity contribution in [3.8, 4) is 16.9 Å². The lowest BCUT2D eigenvalue weighted by molar-refractivity contribution is 0.297. The zero-order valence-electron chi connectivity index (χ0n) is 18.2. The summed E-state index contributed by atoms with van der Waals surface area (Å²) in [5, 5.41) is 2.96. The van der Waals surface area contributed by atoms with Crippen molar-refractivity contribution in [1.82, 2.24) is 19.6 Å². The van der Waals surface area contributed by atoms with Gasteiger partial charge in [-0.2, -0.15) is 0 Å². The van der Waals surface area contributed by atoms with E-state index in [1.165, 1.54) is 12.8 Å². The number of imidazole rings is 1. The quantitative estimate of drug-likeness (QED) is 0.445. The van der Waals surface area contributed by atoms with Gasteiger partial charge in [0.1, 0.15) is 23.8 Å². The number of ether oxygens (including phenoxy) is 1. The van der Waals surface area contributed by atoms with E-state index in [2.05, 4.69) is 50.2 Å². The van der Waals surface area contributed by atoms with Crippen LogP contribution in [0.2, 0.25) is 0 Å². The molecule has 0 radical (unpaired) electrons. The third-order valence-corrected chi connectivity index (χ3v) is 5.12. The first-order chi connectivity index (χ1) is 14.7. The van der Waals surface area contributed by atoms with Gasteiger partial charge in [0.2, 0.25) is 0 Å². The predicted octanol–water partition coefficient (Wildman–Crippen LogP) is 4.98. The number of nitrogens with zero attached hydrogens (tertiary/aromatic N) is 4. The second-order valence-electron chi connectivity index (χ2n) is 6.91. The Balaban J connectivity index is 0.00000124. The molecule has 6 nitrogen and oxygen atoms in total. The highest BCUT2D eigenvalue weighted by Gasteiger charge is 2.17. The molecule has 0 bridgehead atoms. The number of hydrogen-bond acceptors (Lipinski definition) is 5. The van der Waals surface area contributed by atoms with Crippen LogP contribution in [0.3, 0.4) is 0 Å². The largest absolute Gasteiger partial charge is 0.476 e. The highest BCUT2D eigenvalue weighted by atomic mass is 16.5. The van der Waals surface area contributed by atoms with Crippen LogP contribution in [0.4, 0.5) is 5.69 Å². The summed E-state index contributed by atoms with van der Waals surface area (Å²) in [6.07, 6.45) is 6.46. The third-order valence-electron chi connectivity index (χ3n) is 5.12. The minimum Gasteiger partial charge on any atom is -0.476 e. The topological polar surface area (TPSA) is 54.2 Å². The van der Waals surface area contributed by atoms with E-state index in [9.17, 15) is 0 Å². The van der Waals surface area contributed by atoms with Gasteiger partial charge in [-0.25, -0.2) is 4.98 Å². The fourth-order valence-electron chi connectivity index (χ4n) is 3.61. The maximum atomic E-state index is 5.66. The van der Waals surface area contributed by atoms with Gasteiger partial charge in [0, 0.05) is 19.3 Å². The molecule has 2 aromatic heterocycles. The normalized spacial score (nSPS) is 13.1. The average Bonchev–Trinajstić information content (AvgIpc) is 3.48. The summed E-state index contributed by atoms with van der Waals surface area (Å²) in [5.74, 6) is 0.708. The van der Waals surface area contributed by atoms with Crippen molar-refractivity contribution in [2.75, 3.05) is 26.9 Å². The molecule has 0 spiro atoms. The summed E-state index contributed by atoms with van der Waals surface area (Å²) in [6.45, 7) is 14.5. The molecular weight excluding hydrogens is 374 g/mol. The van der Waals surface area contributed by atoms with Gasteiger partial charge in [-0.05, 0) is 62.0 Å². The van der Waals surface area contributed by atoms with Crippen LogP contribution in [-0.2, 0) is 0 Å². The van der Waals surface area contributed by atoms with Gasteiger partial charge < -0.3 is 9.64 Å². The monoisotopic (exact) mass is 405 g/mol. The molecule has 0 amide bonds. The molecule has 3 aromatic rings. The van der Waals surface area contributed by atoms with Gasteiger partial charge in [0.25, 0.3) is 0 Å². The van der Waals surface area contributed by atoms with Crippen LogP contribution in [0.25, 0.3) is 22.5 Å². The predicted molar refractivity (Wildman–Crippen MR) is 126 cm³/mol. The van der Waals surface area contributed by atoms with E-state index in [4.69, 9.17) is 4.74 Å². The molecule has 1 aliphatic heterocycles. The Morgan fingerprint density at radius 3 is 2.60 bits per heavy atom. The summed E-state index contributed by atoms with van der Waals surface area (Å²) in [7, 11) is 1.84. The first-order valence-corrected chi connectivity index (χ1v) is 10.5. The molecular formula is C24H31N5O. The van der Waals surface area contributed by atoms with E-state index < -0.39 is 0 Å². The molecule has 30 heavy (non-hydrogen) atoms. The van der Waals surface area contributed by atoms with Gasteiger partial charge in [-0.1, -0.05) is 26.5 Å². The SMILES string of the molecule is C=Nc1cc(-c2ccc3ncc(C(=C)N4CCCC4)n3c2)ccc1OCNC.CC. The van der Waals surface area contributed by atoms with Crippen molar-refractivity contribution < 1.29 is 4.74 Å². The zero-order valence-corrected chi connectivity index (χ0v) is 18.2. The Kier molecular flexibility index (Phi) is 7.25. The van der Waals surface area contributed by atoms with Crippen LogP contribution >= 0.6 is 0 Å². The second kappa shape index (κ2) is 10.1. The number of fused-ring (bicyclic) bond motifs is 1. The Labute approximate surface area is 178 Å². The van der Waals surface area contributed by atoms with E-state index in [0.29, 0.717) is 12.5 Å². The molecule has 1 aromatic carbocycles. The van der Waals surface area contributed by atoms with Crippen LogP contribution in [-0.4, -0.2) is 47.9 Å². The molecule has 3 heterocycles. The standard InChI is InChI=1S/C22H25N5O.C2H6/c1-16(26-10-4-5-11-26)20-13-25-22-9-7-18(14-27(20)22)17-6-8-21(28-15-23-2)19(12-17)24-3;1-2/h6-9,12-14,23H,1,3-5,10-11,15H2,2H3;1-2H3. The third kappa shape index (κ3) is 4.39. The lowest BCUT2D eigenvalue weighted by Crippen LogP contribution is -2.17. The molecule has 1 aliphatic rings. The lowest BCUT2D eigenvalue weighted by Gasteiger charge is -2.20. The first-order valence-electron chi connectivity index (χ1n) is 10.5. The number of aromatic nitrogens is 2. The summed E-state index contributed by atoms with van der Waals surface area (Å²) in [6, 6.07) is 10.1. The molecule has 4 rings (SSSR count). The fourth-order valence-corrected chi connectivity index (χ4v) is 3.61. The molecule has 158 valence electrons. The van der Waals surface area contributed by atoms with Crippen LogP contribution in [0.1, 0.15) is 32.4 Å². The summed E-state index contributed by atoms with van der Waals surface area (Å²) in [5.41, 5.74) is 5.83. The molecule has 1 fully saturated rings. The van der Waals surface area contributed by atoms with Crippen LogP contribution in [0, 0.1) is 0 Å². The van der Waals surface area contributed by atoms with Crippen molar-refractivity contribution in [3.63, 3.8) is 0 Å². The van der Waals surface area contributed by atoms with Crippen molar-refractivity contribution in [3.05, 3.63) is 55.0 Å². The van der Waals surface area contributed by atoms with Gasteiger partial charge in [0.05, 0.1) is 17.6 Å². The maximum Gasteiger partial charge on any atom is 0.146 e. The van der Waals surface area contributed by atoms with Gasteiger partial charge >= 0.3 is 0 Å². The van der Waals surface area contributed by atoms with Crippen LogP contribution in [0.5, 0.6) is 5.75 Å². The molecule has 1 saturated heterocycles. The van der Waals surface area contributed by atoms with E-state index in [1.807, 2.05) is 51.4 Å². The van der Waals surface area contributed by atoms with Gasteiger partial charge in [0.15, 0.2) is 0 Å². The summed E-state index contributed by atoms with van der Waals surface area (Å²) in [4.78, 5) is 11.0. The average molecular weight is 406 g/mol. The number of aliphatic imine (C=N–C) groups is 1. The molecule has 0 saturated carbocycles. The fraction of sp³-hybridized carbons (Fsp3) is 0.333. The van der Waals surface area contributed by atoms with E-state index >= 15 is 0 Å². The molecule has 0 aliphatic carbocycles. The van der Waals surface area contributed by atoms with Gasteiger partial charge in [-0.15, -0.1) is 0 Å². The number of rotatable bonds is 7. The Hall–Kier alpha value is -3.12. The summed E-state index contributed by atoms with van der Waals surface area (Å²) < 4.78 is 7.77. The minimum atomic E-state index is 0.421. The Morgan fingerprint density at radius 1 is 1.17 bits per heavy atom.